The highest BCUT2D eigenvalue weighted by molar-refractivity contribution is 5.85. The lowest BCUT2D eigenvalue weighted by atomic mass is 9.84. The molecule has 0 amide bonds. The van der Waals surface area contributed by atoms with E-state index in [4.69, 9.17) is 0 Å². The number of hydrogen-bond acceptors (Lipinski definition) is 1. The maximum atomic E-state index is 4.32. The second kappa shape index (κ2) is 2.94. The summed E-state index contributed by atoms with van der Waals surface area (Å²) in [6.45, 7) is 2.33. The summed E-state index contributed by atoms with van der Waals surface area (Å²) < 4.78 is 0. The Bertz CT molecular complexity index is 382. The van der Waals surface area contributed by atoms with Gasteiger partial charge in [-0.3, -0.25) is 4.99 Å². The van der Waals surface area contributed by atoms with Gasteiger partial charge in [0, 0.05) is 12.4 Å². The Balaban J connectivity index is 2.18. The van der Waals surface area contributed by atoms with Crippen molar-refractivity contribution in [1.29, 1.82) is 0 Å². The maximum Gasteiger partial charge on any atom is 0.0305 e. The summed E-state index contributed by atoms with van der Waals surface area (Å²) in [5, 5.41) is 0. The van der Waals surface area contributed by atoms with Gasteiger partial charge in [0.05, 0.1) is 0 Å². The summed E-state index contributed by atoms with van der Waals surface area (Å²) in [6.07, 6.45) is 12.5. The van der Waals surface area contributed by atoms with E-state index < -0.39 is 0 Å². The fourth-order valence-electron chi connectivity index (χ4n) is 2.99. The summed E-state index contributed by atoms with van der Waals surface area (Å²) in [5.74, 6) is 1.52. The molecule has 1 aliphatic heterocycles. The first-order valence-electron chi connectivity index (χ1n) is 5.50. The van der Waals surface area contributed by atoms with Crippen molar-refractivity contribution in [3.05, 3.63) is 35.1 Å². The van der Waals surface area contributed by atoms with Gasteiger partial charge >= 0.3 is 0 Å². The molecule has 0 saturated heterocycles. The van der Waals surface area contributed by atoms with Gasteiger partial charge in [-0.2, -0.15) is 0 Å². The van der Waals surface area contributed by atoms with Crippen LogP contribution in [0.15, 0.2) is 40.1 Å². The van der Waals surface area contributed by atoms with E-state index >= 15 is 0 Å². The van der Waals surface area contributed by atoms with Crippen LogP contribution in [0.5, 0.6) is 0 Å². The summed E-state index contributed by atoms with van der Waals surface area (Å²) in [7, 11) is 0. The van der Waals surface area contributed by atoms with Crippen molar-refractivity contribution in [1.82, 2.24) is 0 Å². The molecule has 2 unspecified atom stereocenters. The number of allylic oxidation sites excluding steroid dienone is 5. The van der Waals surface area contributed by atoms with Gasteiger partial charge in [0.15, 0.2) is 0 Å². The van der Waals surface area contributed by atoms with Crippen molar-refractivity contribution in [3.8, 4) is 0 Å². The predicted molar refractivity (Wildman–Crippen MR) is 59.2 cm³/mol. The van der Waals surface area contributed by atoms with Gasteiger partial charge in [-0.1, -0.05) is 13.0 Å². The molecule has 0 radical (unpaired) electrons. The van der Waals surface area contributed by atoms with Crippen LogP contribution in [0.2, 0.25) is 0 Å². The lowest BCUT2D eigenvalue weighted by Gasteiger charge is -2.20. The average molecular weight is 185 g/mol. The van der Waals surface area contributed by atoms with Crippen molar-refractivity contribution in [2.24, 2.45) is 16.8 Å². The molecule has 0 N–H and O–H groups in total. The largest absolute Gasteiger partial charge is 0.264 e. The molecule has 72 valence electrons. The molecule has 2 atom stereocenters. The fraction of sp³-hybridized carbons (Fsp3) is 0.462. The van der Waals surface area contributed by atoms with Crippen LogP contribution in [0.25, 0.3) is 0 Å². The lowest BCUT2D eigenvalue weighted by molar-refractivity contribution is 0.499. The monoisotopic (exact) mass is 185 g/mol. The van der Waals surface area contributed by atoms with Crippen molar-refractivity contribution >= 4 is 6.21 Å². The SMILES string of the molecule is CC1CC2CCC=C3C=CN=CC1=C32. The molecule has 3 rings (SSSR count). The second-order valence-corrected chi connectivity index (χ2v) is 4.53. The quantitative estimate of drug-likeness (QED) is 0.549. The molecule has 0 fully saturated rings. The van der Waals surface area contributed by atoms with E-state index in [0.717, 1.165) is 5.92 Å². The molecule has 14 heavy (non-hydrogen) atoms. The molecule has 0 spiro atoms. The lowest BCUT2D eigenvalue weighted by Crippen LogP contribution is -2.06. The predicted octanol–water partition coefficient (Wildman–Crippen LogP) is 3.26. The van der Waals surface area contributed by atoms with Crippen molar-refractivity contribution in [3.63, 3.8) is 0 Å². The fourth-order valence-corrected chi connectivity index (χ4v) is 2.99. The zero-order valence-corrected chi connectivity index (χ0v) is 8.53. The summed E-state index contributed by atoms with van der Waals surface area (Å²) >= 11 is 0. The maximum absolute atomic E-state index is 4.32. The minimum Gasteiger partial charge on any atom is -0.264 e. The summed E-state index contributed by atoms with van der Waals surface area (Å²) in [5.41, 5.74) is 4.53. The Morgan fingerprint density at radius 2 is 2.36 bits per heavy atom. The molecule has 0 aromatic heterocycles. The van der Waals surface area contributed by atoms with E-state index in [1.807, 2.05) is 6.20 Å². The minimum atomic E-state index is 0.708. The van der Waals surface area contributed by atoms with Crippen LogP contribution >= 0.6 is 0 Å². The van der Waals surface area contributed by atoms with E-state index in [0.29, 0.717) is 5.92 Å². The van der Waals surface area contributed by atoms with E-state index in [1.54, 1.807) is 5.57 Å². The van der Waals surface area contributed by atoms with Crippen LogP contribution in [-0.2, 0) is 0 Å². The van der Waals surface area contributed by atoms with Crippen molar-refractivity contribution in [2.75, 3.05) is 0 Å². The van der Waals surface area contributed by atoms with Crippen LogP contribution in [0.3, 0.4) is 0 Å². The zero-order chi connectivity index (χ0) is 9.54. The number of aliphatic imine (C=N–C) groups is 1. The molecule has 3 aliphatic rings. The Morgan fingerprint density at radius 3 is 3.29 bits per heavy atom. The first kappa shape index (κ1) is 8.22. The molecule has 1 heteroatoms. The minimum absolute atomic E-state index is 0.708. The highest BCUT2D eigenvalue weighted by Gasteiger charge is 2.33. The van der Waals surface area contributed by atoms with E-state index in [-0.39, 0.29) is 0 Å². The molecule has 1 nitrogen and oxygen atoms in total. The molecule has 0 aromatic rings. The molecule has 1 heterocycles. The highest BCUT2D eigenvalue weighted by Crippen LogP contribution is 2.45. The van der Waals surface area contributed by atoms with Crippen LogP contribution in [0.1, 0.15) is 26.2 Å². The van der Waals surface area contributed by atoms with Crippen LogP contribution in [-0.4, -0.2) is 6.21 Å². The first-order chi connectivity index (χ1) is 6.86. The highest BCUT2D eigenvalue weighted by atomic mass is 14.7. The van der Waals surface area contributed by atoms with E-state index in [1.165, 1.54) is 30.4 Å². The van der Waals surface area contributed by atoms with Crippen molar-refractivity contribution in [2.45, 2.75) is 26.2 Å². The number of nitrogens with zero attached hydrogens (tertiary/aromatic N) is 1. The average Bonchev–Trinajstić information content (AvgIpc) is 2.39. The van der Waals surface area contributed by atoms with Gasteiger partial charge in [0.2, 0.25) is 0 Å². The summed E-state index contributed by atoms with van der Waals surface area (Å²) in [6, 6.07) is 0. The van der Waals surface area contributed by atoms with Crippen molar-refractivity contribution < 1.29 is 0 Å². The number of hydrogen-bond donors (Lipinski definition) is 0. The Kier molecular flexibility index (Phi) is 1.73. The Labute approximate surface area is 84.9 Å². The van der Waals surface area contributed by atoms with Crippen LogP contribution in [0.4, 0.5) is 0 Å². The Morgan fingerprint density at radius 1 is 1.43 bits per heavy atom. The van der Waals surface area contributed by atoms with Gasteiger partial charge < -0.3 is 0 Å². The molecule has 0 bridgehead atoms. The Hall–Kier alpha value is -1.11. The normalized spacial score (nSPS) is 34.2. The van der Waals surface area contributed by atoms with Gasteiger partial charge in [0.25, 0.3) is 0 Å². The second-order valence-electron chi connectivity index (χ2n) is 4.53. The number of rotatable bonds is 0. The van der Waals surface area contributed by atoms with Crippen LogP contribution < -0.4 is 0 Å². The molecule has 0 aromatic carbocycles. The molecule has 2 aliphatic carbocycles. The first-order valence-corrected chi connectivity index (χ1v) is 5.50. The van der Waals surface area contributed by atoms with E-state index in [9.17, 15) is 0 Å². The van der Waals surface area contributed by atoms with Gasteiger partial charge in [-0.05, 0) is 53.9 Å². The third kappa shape index (κ3) is 1.05. The van der Waals surface area contributed by atoms with Gasteiger partial charge in [-0.25, -0.2) is 0 Å². The summed E-state index contributed by atoms with van der Waals surface area (Å²) in [4.78, 5) is 4.32. The smallest absolute Gasteiger partial charge is 0.0305 e. The van der Waals surface area contributed by atoms with Crippen LogP contribution in [0, 0.1) is 11.8 Å². The van der Waals surface area contributed by atoms with Gasteiger partial charge in [0.1, 0.15) is 0 Å². The molecular weight excluding hydrogens is 170 g/mol. The molecular formula is C13H15N. The third-order valence-electron chi connectivity index (χ3n) is 3.63. The topological polar surface area (TPSA) is 12.4 Å². The standard InChI is InChI=1S/C13H15N/c1-9-7-11-4-2-3-10-5-6-14-8-12(9)13(10)11/h3,5-6,8-9,11H,2,4,7H2,1H3. The molecule has 0 saturated carbocycles. The third-order valence-corrected chi connectivity index (χ3v) is 3.63. The zero-order valence-electron chi connectivity index (χ0n) is 8.53. The van der Waals surface area contributed by atoms with Gasteiger partial charge in [-0.15, -0.1) is 0 Å². The van der Waals surface area contributed by atoms with E-state index in [2.05, 4.69) is 30.3 Å².